The first-order chi connectivity index (χ1) is 8.79. The maximum atomic E-state index is 11.8. The van der Waals surface area contributed by atoms with Gasteiger partial charge in [-0.25, -0.2) is 0 Å². The van der Waals surface area contributed by atoms with Crippen LogP contribution in [0.3, 0.4) is 0 Å². The third-order valence-corrected chi connectivity index (χ3v) is 2.11. The molecule has 0 heterocycles. The van der Waals surface area contributed by atoms with Crippen molar-refractivity contribution in [3.8, 4) is 5.75 Å². The number of ether oxygens (including phenoxy) is 1. The predicted molar refractivity (Wildman–Crippen MR) is 55.8 cm³/mol. The van der Waals surface area contributed by atoms with Gasteiger partial charge in [-0.1, -0.05) is 12.1 Å². The lowest BCUT2D eigenvalue weighted by molar-refractivity contribution is -0.173. The summed E-state index contributed by atoms with van der Waals surface area (Å²) in [4.78, 5) is 10.5. The number of rotatable bonds is 5. The molecule has 0 aromatic heterocycles. The van der Waals surface area contributed by atoms with E-state index in [9.17, 15) is 26.7 Å². The summed E-state index contributed by atoms with van der Waals surface area (Å²) in [6.45, 7) is -3.13. The molecule has 0 bridgehead atoms. The van der Waals surface area contributed by atoms with E-state index in [1.165, 1.54) is 24.3 Å². The Kier molecular flexibility index (Phi) is 5.08. The molecule has 8 heteroatoms. The van der Waals surface area contributed by atoms with Gasteiger partial charge in [-0.3, -0.25) is 4.79 Å². The van der Waals surface area contributed by atoms with Crippen molar-refractivity contribution in [3.05, 3.63) is 29.8 Å². The van der Waals surface area contributed by atoms with Gasteiger partial charge < -0.3 is 10.1 Å². The van der Waals surface area contributed by atoms with Crippen molar-refractivity contribution < 1.29 is 31.5 Å². The summed E-state index contributed by atoms with van der Waals surface area (Å²) in [5.74, 6) is -2.05. The lowest BCUT2D eigenvalue weighted by Gasteiger charge is -2.08. The van der Waals surface area contributed by atoms with Crippen LogP contribution in [0.25, 0.3) is 0 Å². The van der Waals surface area contributed by atoms with E-state index >= 15 is 0 Å². The highest BCUT2D eigenvalue weighted by Gasteiger charge is 2.38. The van der Waals surface area contributed by atoms with Crippen LogP contribution in [0.1, 0.15) is 5.56 Å². The number of hydrogen-bond acceptors (Lipinski definition) is 2. The second kappa shape index (κ2) is 6.35. The fourth-order valence-corrected chi connectivity index (χ4v) is 1.26. The number of halogens is 5. The number of hydrogen-bond donors (Lipinski definition) is 1. The molecule has 1 N–H and O–H groups in total. The van der Waals surface area contributed by atoms with E-state index in [-0.39, 0.29) is 18.7 Å². The minimum atomic E-state index is -4.91. The highest BCUT2D eigenvalue weighted by molar-refractivity contribution is 5.81. The van der Waals surface area contributed by atoms with E-state index in [1.807, 2.05) is 0 Å². The average Bonchev–Trinajstić information content (AvgIpc) is 2.29. The zero-order valence-corrected chi connectivity index (χ0v) is 9.51. The fourth-order valence-electron chi connectivity index (χ4n) is 1.26. The lowest BCUT2D eigenvalue weighted by atomic mass is 10.1. The van der Waals surface area contributed by atoms with Crippen LogP contribution in [0.2, 0.25) is 0 Å². The third kappa shape index (κ3) is 5.54. The monoisotopic (exact) mass is 283 g/mol. The smallest absolute Gasteiger partial charge is 0.435 e. The predicted octanol–water partition coefficient (Wildman–Crippen LogP) is 2.51. The fraction of sp³-hybridized carbons (Fsp3) is 0.364. The maximum Gasteiger partial charge on any atom is 0.471 e. The van der Waals surface area contributed by atoms with Crippen molar-refractivity contribution in [2.75, 3.05) is 6.54 Å². The van der Waals surface area contributed by atoms with Crippen molar-refractivity contribution in [1.29, 1.82) is 0 Å². The number of carbonyl (C=O) groups is 1. The quantitative estimate of drug-likeness (QED) is 0.843. The minimum absolute atomic E-state index is 0.0434. The Bertz CT molecular complexity index is 416. The highest BCUT2D eigenvalue weighted by Crippen LogP contribution is 2.16. The van der Waals surface area contributed by atoms with E-state index in [4.69, 9.17) is 0 Å². The molecule has 19 heavy (non-hydrogen) atoms. The van der Waals surface area contributed by atoms with E-state index < -0.39 is 18.7 Å². The van der Waals surface area contributed by atoms with Gasteiger partial charge in [0.25, 0.3) is 0 Å². The summed E-state index contributed by atoms with van der Waals surface area (Å²) >= 11 is 0. The van der Waals surface area contributed by atoms with Gasteiger partial charge in [-0.15, -0.1) is 0 Å². The molecule has 0 aliphatic carbocycles. The molecule has 1 rings (SSSR count). The van der Waals surface area contributed by atoms with Crippen LogP contribution in [0, 0.1) is 0 Å². The Hall–Kier alpha value is -1.86. The average molecular weight is 283 g/mol. The number of benzene rings is 1. The van der Waals surface area contributed by atoms with Crippen molar-refractivity contribution in [2.24, 2.45) is 0 Å². The second-order valence-corrected chi connectivity index (χ2v) is 3.53. The number of carbonyl (C=O) groups excluding carboxylic acids is 1. The van der Waals surface area contributed by atoms with E-state index in [0.29, 0.717) is 5.56 Å². The van der Waals surface area contributed by atoms with Crippen LogP contribution < -0.4 is 10.1 Å². The lowest BCUT2D eigenvalue weighted by Crippen LogP contribution is -2.37. The van der Waals surface area contributed by atoms with Crippen LogP contribution in [-0.2, 0) is 11.2 Å². The van der Waals surface area contributed by atoms with Gasteiger partial charge in [0.15, 0.2) is 0 Å². The summed E-state index contributed by atoms with van der Waals surface area (Å²) in [6, 6.07) is 5.40. The van der Waals surface area contributed by atoms with Gasteiger partial charge in [0, 0.05) is 6.54 Å². The SMILES string of the molecule is O=C(NCCc1ccc(OC(F)F)cc1)C(F)(F)F. The number of alkyl halides is 5. The van der Waals surface area contributed by atoms with Gasteiger partial charge in [0.2, 0.25) is 0 Å². The molecule has 0 unspecified atom stereocenters. The first kappa shape index (κ1) is 15.2. The summed E-state index contributed by atoms with van der Waals surface area (Å²) in [7, 11) is 0. The molecule has 0 fully saturated rings. The Labute approximate surface area is 105 Å². The molecule has 1 aromatic rings. The van der Waals surface area contributed by atoms with Crippen LogP contribution in [-0.4, -0.2) is 25.2 Å². The van der Waals surface area contributed by atoms with Gasteiger partial charge >= 0.3 is 18.7 Å². The standard InChI is InChI=1S/C11H10F5NO2/c12-10(13)19-8-3-1-7(2-4-8)5-6-17-9(18)11(14,15)16/h1-4,10H,5-6H2,(H,17,18). The number of nitrogens with one attached hydrogen (secondary N) is 1. The molecule has 0 atom stereocenters. The second-order valence-electron chi connectivity index (χ2n) is 3.53. The molecule has 0 spiro atoms. The first-order valence-corrected chi connectivity index (χ1v) is 5.18. The van der Waals surface area contributed by atoms with Gasteiger partial charge in [-0.2, -0.15) is 22.0 Å². The van der Waals surface area contributed by atoms with Crippen molar-refractivity contribution >= 4 is 5.91 Å². The van der Waals surface area contributed by atoms with Crippen LogP contribution in [0.15, 0.2) is 24.3 Å². The van der Waals surface area contributed by atoms with E-state index in [1.54, 1.807) is 5.32 Å². The van der Waals surface area contributed by atoms with Crippen LogP contribution in [0.5, 0.6) is 5.75 Å². The zero-order valence-electron chi connectivity index (χ0n) is 9.51. The molecular formula is C11H10F5NO2. The maximum absolute atomic E-state index is 11.8. The van der Waals surface area contributed by atoms with E-state index in [0.717, 1.165) is 0 Å². The molecule has 1 amide bonds. The third-order valence-electron chi connectivity index (χ3n) is 2.11. The number of amides is 1. The highest BCUT2D eigenvalue weighted by atomic mass is 19.4. The van der Waals surface area contributed by atoms with Gasteiger partial charge in [0.05, 0.1) is 0 Å². The Morgan fingerprint density at radius 1 is 1.21 bits per heavy atom. The normalized spacial score (nSPS) is 11.5. The molecule has 0 radical (unpaired) electrons. The molecule has 0 aliphatic heterocycles. The molecular weight excluding hydrogens is 273 g/mol. The largest absolute Gasteiger partial charge is 0.471 e. The molecule has 3 nitrogen and oxygen atoms in total. The molecule has 0 saturated heterocycles. The first-order valence-electron chi connectivity index (χ1n) is 5.18. The van der Waals surface area contributed by atoms with Crippen LogP contribution >= 0.6 is 0 Å². The summed E-state index contributed by atoms with van der Waals surface area (Å²) in [6.07, 6.45) is -4.76. The molecule has 1 aromatic carbocycles. The van der Waals surface area contributed by atoms with Gasteiger partial charge in [0.1, 0.15) is 5.75 Å². The van der Waals surface area contributed by atoms with Crippen molar-refractivity contribution in [2.45, 2.75) is 19.2 Å². The van der Waals surface area contributed by atoms with Crippen molar-refractivity contribution in [3.63, 3.8) is 0 Å². The topological polar surface area (TPSA) is 38.3 Å². The molecule has 0 aliphatic rings. The van der Waals surface area contributed by atoms with E-state index in [2.05, 4.69) is 4.74 Å². The summed E-state index contributed by atoms with van der Waals surface area (Å²) < 4.78 is 63.4. The Morgan fingerprint density at radius 3 is 2.26 bits per heavy atom. The summed E-state index contributed by atoms with van der Waals surface area (Å²) in [5.41, 5.74) is 0.587. The van der Waals surface area contributed by atoms with Gasteiger partial charge in [-0.05, 0) is 24.1 Å². The molecule has 106 valence electrons. The Balaban J connectivity index is 2.40. The minimum Gasteiger partial charge on any atom is -0.435 e. The molecule has 0 saturated carbocycles. The summed E-state index contributed by atoms with van der Waals surface area (Å²) in [5, 5.41) is 1.70. The van der Waals surface area contributed by atoms with Crippen molar-refractivity contribution in [1.82, 2.24) is 5.32 Å². The Morgan fingerprint density at radius 2 is 1.79 bits per heavy atom. The zero-order chi connectivity index (χ0) is 14.5. The van der Waals surface area contributed by atoms with Crippen LogP contribution in [0.4, 0.5) is 22.0 Å².